The average molecular weight is 251 g/mol. The molecule has 0 spiro atoms. The van der Waals surface area contributed by atoms with Gasteiger partial charge in [0.2, 0.25) is 5.91 Å². The van der Waals surface area contributed by atoms with Gasteiger partial charge in [-0.15, -0.1) is 0 Å². The third-order valence-corrected chi connectivity index (χ3v) is 2.58. The van der Waals surface area contributed by atoms with Gasteiger partial charge in [0.15, 0.2) is 0 Å². The molecule has 0 radical (unpaired) electrons. The molecule has 0 aliphatic carbocycles. The van der Waals surface area contributed by atoms with Crippen LogP contribution in [0.3, 0.4) is 0 Å². The first-order chi connectivity index (χ1) is 8.54. The largest absolute Gasteiger partial charge is 0.396 e. The molecule has 98 valence electrons. The van der Waals surface area contributed by atoms with Gasteiger partial charge in [-0.25, -0.2) is 4.39 Å². The van der Waals surface area contributed by atoms with E-state index in [1.165, 1.54) is 12.1 Å². The fourth-order valence-corrected chi connectivity index (χ4v) is 1.45. The lowest BCUT2D eigenvalue weighted by atomic mass is 10.1. The third-order valence-electron chi connectivity index (χ3n) is 2.58. The van der Waals surface area contributed by atoms with Gasteiger partial charge < -0.3 is 10.4 Å². The Morgan fingerprint density at radius 3 is 2.78 bits per heavy atom. The van der Waals surface area contributed by atoms with Crippen LogP contribution in [-0.2, 0) is 4.79 Å². The number of aliphatic hydroxyl groups excluding tert-OH is 1. The van der Waals surface area contributed by atoms with Crippen LogP contribution in [0.5, 0.6) is 0 Å². The molecule has 3 nitrogen and oxygen atoms in total. The molecule has 1 unspecified atom stereocenters. The van der Waals surface area contributed by atoms with Crippen LogP contribution in [0.15, 0.2) is 30.3 Å². The van der Waals surface area contributed by atoms with Crippen LogP contribution in [0.2, 0.25) is 0 Å². The van der Waals surface area contributed by atoms with Crippen molar-refractivity contribution in [2.75, 3.05) is 13.2 Å². The highest BCUT2D eigenvalue weighted by molar-refractivity contribution is 5.94. The first-order valence-electron chi connectivity index (χ1n) is 5.86. The highest BCUT2D eigenvalue weighted by atomic mass is 19.1. The molecule has 4 heteroatoms. The maximum atomic E-state index is 13.5. The van der Waals surface area contributed by atoms with E-state index in [1.54, 1.807) is 25.1 Å². The van der Waals surface area contributed by atoms with E-state index in [4.69, 9.17) is 5.11 Å². The molecular weight excluding hydrogens is 233 g/mol. The van der Waals surface area contributed by atoms with Crippen molar-refractivity contribution in [2.24, 2.45) is 5.92 Å². The molecule has 2 N–H and O–H groups in total. The summed E-state index contributed by atoms with van der Waals surface area (Å²) in [6.07, 6.45) is 1.36. The van der Waals surface area contributed by atoms with Crippen LogP contribution in [0.4, 0.5) is 4.39 Å². The van der Waals surface area contributed by atoms with Crippen molar-refractivity contribution in [3.05, 3.63) is 41.7 Å². The number of allylic oxidation sites excluding steroid dienone is 1. The summed E-state index contributed by atoms with van der Waals surface area (Å²) in [5, 5.41) is 11.5. The topological polar surface area (TPSA) is 49.3 Å². The number of hydrogen-bond donors (Lipinski definition) is 2. The predicted molar refractivity (Wildman–Crippen MR) is 69.3 cm³/mol. The monoisotopic (exact) mass is 251 g/mol. The average Bonchev–Trinajstić information content (AvgIpc) is 2.36. The summed E-state index contributed by atoms with van der Waals surface area (Å²) >= 11 is 0. The number of aliphatic hydroxyl groups is 1. The molecule has 1 amide bonds. The van der Waals surface area contributed by atoms with E-state index >= 15 is 0 Å². The molecule has 1 rings (SSSR count). The standard InChI is InChI=1S/C14H18FNO2/c1-10(9-17)8-16-14(18)7-11(2)12-5-3-4-6-13(12)15/h3-7,10,17H,8-9H2,1-2H3,(H,16,18)/b11-7-. The molecule has 0 saturated heterocycles. The molecule has 0 bridgehead atoms. The molecule has 1 atom stereocenters. The third kappa shape index (κ3) is 4.30. The summed E-state index contributed by atoms with van der Waals surface area (Å²) in [6.45, 7) is 3.94. The fraction of sp³-hybridized carbons (Fsp3) is 0.357. The lowest BCUT2D eigenvalue weighted by molar-refractivity contribution is -0.116. The van der Waals surface area contributed by atoms with E-state index in [0.717, 1.165) is 0 Å². The van der Waals surface area contributed by atoms with E-state index in [0.29, 0.717) is 17.7 Å². The Bertz CT molecular complexity index is 443. The Kier molecular flexibility index (Phi) is 5.52. The summed E-state index contributed by atoms with van der Waals surface area (Å²) < 4.78 is 13.5. The molecule has 0 saturated carbocycles. The summed E-state index contributed by atoms with van der Waals surface area (Å²) in [5.74, 6) is -0.616. The molecule has 1 aromatic carbocycles. The van der Waals surface area contributed by atoms with Gasteiger partial charge in [0, 0.05) is 24.8 Å². The fourth-order valence-electron chi connectivity index (χ4n) is 1.45. The van der Waals surface area contributed by atoms with E-state index in [9.17, 15) is 9.18 Å². The Morgan fingerprint density at radius 2 is 2.17 bits per heavy atom. The van der Waals surface area contributed by atoms with E-state index < -0.39 is 0 Å². The van der Waals surface area contributed by atoms with Crippen molar-refractivity contribution in [3.63, 3.8) is 0 Å². The van der Waals surface area contributed by atoms with Gasteiger partial charge in [-0.2, -0.15) is 0 Å². The zero-order valence-electron chi connectivity index (χ0n) is 10.6. The molecule has 0 aliphatic heterocycles. The predicted octanol–water partition coefficient (Wildman–Crippen LogP) is 1.97. The van der Waals surface area contributed by atoms with Crippen molar-refractivity contribution < 1.29 is 14.3 Å². The first-order valence-corrected chi connectivity index (χ1v) is 5.86. The molecule has 1 aromatic rings. The van der Waals surface area contributed by atoms with Crippen molar-refractivity contribution in [3.8, 4) is 0 Å². The molecule has 0 aliphatic rings. The van der Waals surface area contributed by atoms with Crippen LogP contribution in [0.1, 0.15) is 19.4 Å². The number of rotatable bonds is 5. The number of nitrogens with one attached hydrogen (secondary N) is 1. The van der Waals surface area contributed by atoms with Crippen LogP contribution < -0.4 is 5.32 Å². The highest BCUT2D eigenvalue weighted by Gasteiger charge is 2.06. The highest BCUT2D eigenvalue weighted by Crippen LogP contribution is 2.16. The van der Waals surface area contributed by atoms with Crippen LogP contribution in [0.25, 0.3) is 5.57 Å². The maximum Gasteiger partial charge on any atom is 0.244 e. The lowest BCUT2D eigenvalue weighted by Gasteiger charge is -2.08. The van der Waals surface area contributed by atoms with Crippen molar-refractivity contribution in [1.82, 2.24) is 5.32 Å². The molecule has 18 heavy (non-hydrogen) atoms. The zero-order valence-corrected chi connectivity index (χ0v) is 10.6. The van der Waals surface area contributed by atoms with E-state index in [1.807, 2.05) is 6.92 Å². The lowest BCUT2D eigenvalue weighted by Crippen LogP contribution is -2.28. The van der Waals surface area contributed by atoms with E-state index in [-0.39, 0.29) is 24.2 Å². The number of hydrogen-bond acceptors (Lipinski definition) is 2. The number of halogens is 1. The summed E-state index contributed by atoms with van der Waals surface area (Å²) in [7, 11) is 0. The van der Waals surface area contributed by atoms with Crippen molar-refractivity contribution in [1.29, 1.82) is 0 Å². The Labute approximate surface area is 106 Å². The Morgan fingerprint density at radius 1 is 1.50 bits per heavy atom. The maximum absolute atomic E-state index is 13.5. The molecule has 0 heterocycles. The Balaban J connectivity index is 2.66. The second kappa shape index (κ2) is 6.91. The minimum Gasteiger partial charge on any atom is -0.396 e. The van der Waals surface area contributed by atoms with Gasteiger partial charge in [-0.3, -0.25) is 4.79 Å². The summed E-state index contributed by atoms with van der Waals surface area (Å²) in [5.41, 5.74) is 0.991. The molecular formula is C14H18FNO2. The minimum absolute atomic E-state index is 0.0103. The first kappa shape index (κ1) is 14.4. The van der Waals surface area contributed by atoms with E-state index in [2.05, 4.69) is 5.32 Å². The van der Waals surface area contributed by atoms with Crippen LogP contribution >= 0.6 is 0 Å². The second-order valence-electron chi connectivity index (χ2n) is 4.34. The molecule has 0 fully saturated rings. The Hall–Kier alpha value is -1.68. The molecule has 0 aromatic heterocycles. The van der Waals surface area contributed by atoms with Gasteiger partial charge in [0.05, 0.1) is 0 Å². The SMILES string of the molecule is C/C(=C/C(=O)NCC(C)CO)c1ccccc1F. The zero-order chi connectivity index (χ0) is 13.5. The van der Waals surface area contributed by atoms with Gasteiger partial charge in [0.1, 0.15) is 5.82 Å². The van der Waals surface area contributed by atoms with Gasteiger partial charge in [-0.1, -0.05) is 25.1 Å². The smallest absolute Gasteiger partial charge is 0.244 e. The second-order valence-corrected chi connectivity index (χ2v) is 4.34. The van der Waals surface area contributed by atoms with Crippen molar-refractivity contribution in [2.45, 2.75) is 13.8 Å². The summed E-state index contributed by atoms with van der Waals surface area (Å²) in [4.78, 5) is 11.6. The van der Waals surface area contributed by atoms with Crippen LogP contribution in [0, 0.1) is 11.7 Å². The normalized spacial score (nSPS) is 13.2. The van der Waals surface area contributed by atoms with Crippen molar-refractivity contribution >= 4 is 11.5 Å². The number of benzene rings is 1. The van der Waals surface area contributed by atoms with Crippen LogP contribution in [-0.4, -0.2) is 24.2 Å². The van der Waals surface area contributed by atoms with Gasteiger partial charge >= 0.3 is 0 Å². The number of amides is 1. The minimum atomic E-state index is -0.345. The number of carbonyl (C=O) groups is 1. The summed E-state index contributed by atoms with van der Waals surface area (Å²) in [6, 6.07) is 6.32. The number of carbonyl (C=O) groups excluding carboxylic acids is 1. The van der Waals surface area contributed by atoms with Gasteiger partial charge in [0.25, 0.3) is 0 Å². The quantitative estimate of drug-likeness (QED) is 0.786. The van der Waals surface area contributed by atoms with Gasteiger partial charge in [-0.05, 0) is 24.5 Å².